The molecule has 0 bridgehead atoms. The van der Waals surface area contributed by atoms with E-state index in [0.717, 1.165) is 11.2 Å². The predicted octanol–water partition coefficient (Wildman–Crippen LogP) is 11.8. The van der Waals surface area contributed by atoms with Crippen LogP contribution in [0.4, 0.5) is 0 Å². The standard InChI is InChI=1S/C32H16OS4/c1-3-7-27-17(5-1)25(15-36-27)21-13-23-24-14-22(26-16-37-28-8-4-2-6-18(26)28)20-10-12-35-32(20)30(24)33-29(23)31-19(21)9-11-34-31/h1-16H. The maximum absolute atomic E-state index is 6.74. The lowest BCUT2D eigenvalue weighted by Gasteiger charge is -2.05. The molecule has 0 N–H and O–H groups in total. The van der Waals surface area contributed by atoms with Crippen molar-refractivity contribution >= 4 is 108 Å². The van der Waals surface area contributed by atoms with Gasteiger partial charge in [-0.15, -0.1) is 45.3 Å². The molecule has 0 aliphatic carbocycles. The van der Waals surface area contributed by atoms with Gasteiger partial charge in [-0.2, -0.15) is 0 Å². The van der Waals surface area contributed by atoms with Crippen molar-refractivity contribution in [1.82, 2.24) is 0 Å². The molecule has 0 aliphatic rings. The third-order valence-corrected chi connectivity index (χ3v) is 11.2. The number of furan rings is 1. The zero-order valence-electron chi connectivity index (χ0n) is 19.3. The average Bonchev–Trinajstić information content (AvgIpc) is 3.75. The van der Waals surface area contributed by atoms with Crippen molar-refractivity contribution in [2.45, 2.75) is 0 Å². The van der Waals surface area contributed by atoms with Gasteiger partial charge in [0.1, 0.15) is 0 Å². The Labute approximate surface area is 227 Å². The van der Waals surface area contributed by atoms with Crippen molar-refractivity contribution in [2.24, 2.45) is 0 Å². The molecule has 5 heterocycles. The van der Waals surface area contributed by atoms with E-state index in [9.17, 15) is 0 Å². The molecule has 4 aromatic carbocycles. The normalized spacial score (nSPS) is 12.3. The fourth-order valence-electron chi connectivity index (χ4n) is 5.74. The quantitative estimate of drug-likeness (QED) is 0.211. The maximum Gasteiger partial charge on any atom is 0.153 e. The Balaban J connectivity index is 1.43. The summed E-state index contributed by atoms with van der Waals surface area (Å²) in [7, 11) is 0. The van der Waals surface area contributed by atoms with Crippen LogP contribution in [0.25, 0.3) is 84.5 Å². The van der Waals surface area contributed by atoms with Gasteiger partial charge in [-0.1, -0.05) is 36.4 Å². The number of fused-ring (bicyclic) bond motifs is 9. The van der Waals surface area contributed by atoms with Crippen LogP contribution in [0.2, 0.25) is 0 Å². The van der Waals surface area contributed by atoms with Crippen LogP contribution in [0.15, 0.2) is 98.7 Å². The number of rotatable bonds is 2. The summed E-state index contributed by atoms with van der Waals surface area (Å²) >= 11 is 7.19. The van der Waals surface area contributed by atoms with E-state index in [0.29, 0.717) is 0 Å². The van der Waals surface area contributed by atoms with E-state index < -0.39 is 0 Å². The highest BCUT2D eigenvalue weighted by Crippen LogP contribution is 2.49. The highest BCUT2D eigenvalue weighted by molar-refractivity contribution is 7.19. The third-order valence-electron chi connectivity index (χ3n) is 7.43. The smallest absolute Gasteiger partial charge is 0.153 e. The fraction of sp³-hybridized carbons (Fsp3) is 0. The Morgan fingerprint density at radius 2 is 0.919 bits per heavy atom. The molecule has 174 valence electrons. The Hall–Kier alpha value is -3.48. The largest absolute Gasteiger partial charge is 0.453 e. The molecule has 5 aromatic heterocycles. The number of hydrogen-bond acceptors (Lipinski definition) is 5. The molecule has 0 unspecified atom stereocenters. The highest BCUT2D eigenvalue weighted by atomic mass is 32.1. The average molecular weight is 545 g/mol. The number of thiophene rings is 4. The van der Waals surface area contributed by atoms with Gasteiger partial charge in [0.2, 0.25) is 0 Å². The summed E-state index contributed by atoms with van der Waals surface area (Å²) < 4.78 is 11.8. The van der Waals surface area contributed by atoms with Gasteiger partial charge in [0.15, 0.2) is 11.2 Å². The van der Waals surface area contributed by atoms with Crippen LogP contribution in [0.5, 0.6) is 0 Å². The van der Waals surface area contributed by atoms with E-state index in [1.165, 1.54) is 73.4 Å². The lowest BCUT2D eigenvalue weighted by atomic mass is 9.96. The second-order valence-corrected chi connectivity index (χ2v) is 13.0. The molecule has 0 aliphatic heterocycles. The van der Waals surface area contributed by atoms with Crippen LogP contribution >= 0.6 is 45.3 Å². The molecule has 0 spiro atoms. The van der Waals surface area contributed by atoms with Gasteiger partial charge in [-0.25, -0.2) is 0 Å². The Morgan fingerprint density at radius 1 is 0.432 bits per heavy atom. The maximum atomic E-state index is 6.74. The van der Waals surface area contributed by atoms with Crippen LogP contribution in [0, 0.1) is 0 Å². The fourth-order valence-corrected chi connectivity index (χ4v) is 9.47. The zero-order valence-corrected chi connectivity index (χ0v) is 22.5. The first-order chi connectivity index (χ1) is 18.3. The van der Waals surface area contributed by atoms with E-state index in [2.05, 4.69) is 94.3 Å². The molecule has 0 atom stereocenters. The molecule has 0 saturated heterocycles. The van der Waals surface area contributed by atoms with Crippen LogP contribution in [0.3, 0.4) is 0 Å². The summed E-state index contributed by atoms with van der Waals surface area (Å²) in [6.45, 7) is 0. The van der Waals surface area contributed by atoms with Gasteiger partial charge in [-0.05, 0) is 69.0 Å². The molecule has 1 nitrogen and oxygen atoms in total. The minimum absolute atomic E-state index is 1.00. The molecule has 5 heteroatoms. The zero-order chi connectivity index (χ0) is 24.1. The van der Waals surface area contributed by atoms with Crippen molar-refractivity contribution in [3.05, 3.63) is 94.3 Å². The first-order valence-electron chi connectivity index (χ1n) is 12.0. The summed E-state index contributed by atoms with van der Waals surface area (Å²) in [5, 5.41) is 16.6. The lowest BCUT2D eigenvalue weighted by molar-refractivity contribution is 0.677. The topological polar surface area (TPSA) is 13.1 Å². The predicted molar refractivity (Wildman–Crippen MR) is 166 cm³/mol. The van der Waals surface area contributed by atoms with Crippen molar-refractivity contribution in [2.75, 3.05) is 0 Å². The second-order valence-electron chi connectivity index (χ2n) is 9.32. The minimum atomic E-state index is 1.00. The Morgan fingerprint density at radius 3 is 1.43 bits per heavy atom. The third kappa shape index (κ3) is 2.77. The lowest BCUT2D eigenvalue weighted by Crippen LogP contribution is -1.80. The molecule has 0 amide bonds. The number of hydrogen-bond donors (Lipinski definition) is 0. The summed E-state index contributed by atoms with van der Waals surface area (Å²) in [4.78, 5) is 0. The summed E-state index contributed by atoms with van der Waals surface area (Å²) in [5.74, 6) is 0. The van der Waals surface area contributed by atoms with Crippen LogP contribution in [-0.2, 0) is 0 Å². The van der Waals surface area contributed by atoms with Crippen molar-refractivity contribution in [1.29, 1.82) is 0 Å². The minimum Gasteiger partial charge on any atom is -0.453 e. The first kappa shape index (κ1) is 20.6. The van der Waals surface area contributed by atoms with Gasteiger partial charge < -0.3 is 4.42 Å². The van der Waals surface area contributed by atoms with E-state index in [1.807, 2.05) is 22.7 Å². The molecular weight excluding hydrogens is 529 g/mol. The van der Waals surface area contributed by atoms with Gasteiger partial charge in [0, 0.05) is 52.8 Å². The van der Waals surface area contributed by atoms with Crippen LogP contribution < -0.4 is 0 Å². The van der Waals surface area contributed by atoms with Crippen LogP contribution in [0.1, 0.15) is 0 Å². The van der Waals surface area contributed by atoms with Gasteiger partial charge in [0.05, 0.1) is 9.40 Å². The van der Waals surface area contributed by atoms with Crippen molar-refractivity contribution < 1.29 is 4.42 Å². The van der Waals surface area contributed by atoms with E-state index >= 15 is 0 Å². The van der Waals surface area contributed by atoms with Gasteiger partial charge >= 0.3 is 0 Å². The van der Waals surface area contributed by atoms with Crippen LogP contribution in [-0.4, -0.2) is 0 Å². The van der Waals surface area contributed by atoms with Crippen molar-refractivity contribution in [3.8, 4) is 22.3 Å². The molecular formula is C32H16OS4. The van der Waals surface area contributed by atoms with E-state index in [4.69, 9.17) is 4.42 Å². The molecule has 0 radical (unpaired) electrons. The molecule has 9 aromatic rings. The van der Waals surface area contributed by atoms with Gasteiger partial charge in [0.25, 0.3) is 0 Å². The molecule has 0 fully saturated rings. The summed E-state index contributed by atoms with van der Waals surface area (Å²) in [6, 6.07) is 26.7. The van der Waals surface area contributed by atoms with Crippen molar-refractivity contribution in [3.63, 3.8) is 0 Å². The number of benzene rings is 4. The molecule has 0 saturated carbocycles. The first-order valence-corrected chi connectivity index (χ1v) is 15.6. The second kappa shape index (κ2) is 7.53. The van der Waals surface area contributed by atoms with E-state index in [1.54, 1.807) is 22.7 Å². The van der Waals surface area contributed by atoms with E-state index in [-0.39, 0.29) is 0 Å². The molecule has 37 heavy (non-hydrogen) atoms. The Bertz CT molecular complexity index is 2150. The summed E-state index contributed by atoms with van der Waals surface area (Å²) in [6.07, 6.45) is 0. The molecule has 9 rings (SSSR count). The SMILES string of the molecule is c1ccc2c(-c3cc4c5cc(-c6csc7ccccc67)c6ccsc6c5oc4c4sccc34)csc2c1. The summed E-state index contributed by atoms with van der Waals surface area (Å²) in [5.41, 5.74) is 7.20. The monoisotopic (exact) mass is 544 g/mol. The van der Waals surface area contributed by atoms with Gasteiger partial charge in [-0.3, -0.25) is 0 Å². The highest BCUT2D eigenvalue weighted by Gasteiger charge is 2.21. The Kier molecular flexibility index (Phi) is 4.18.